The van der Waals surface area contributed by atoms with Crippen LogP contribution in [0, 0.1) is 25.2 Å². The van der Waals surface area contributed by atoms with Gasteiger partial charge in [0.25, 0.3) is 0 Å². The van der Waals surface area contributed by atoms with E-state index < -0.39 is 0 Å². The number of nitrogens with zero attached hydrogens (tertiary/aromatic N) is 5. The van der Waals surface area contributed by atoms with Crippen LogP contribution in [-0.4, -0.2) is 41.5 Å². The topological polar surface area (TPSA) is 101 Å². The summed E-state index contributed by atoms with van der Waals surface area (Å²) in [5, 5.41) is 20.2. The lowest BCUT2D eigenvalue weighted by Gasteiger charge is -2.28. The van der Waals surface area contributed by atoms with Crippen molar-refractivity contribution in [3.63, 3.8) is 0 Å². The van der Waals surface area contributed by atoms with E-state index in [1.54, 1.807) is 0 Å². The molecule has 0 saturated carbocycles. The lowest BCUT2D eigenvalue weighted by atomic mass is 9.94. The van der Waals surface area contributed by atoms with Crippen LogP contribution < -0.4 is 10.6 Å². The minimum Gasteiger partial charge on any atom is -0.378 e. The lowest BCUT2D eigenvalue weighted by Crippen LogP contribution is -2.36. The van der Waals surface area contributed by atoms with Crippen molar-refractivity contribution < 1.29 is 4.74 Å². The summed E-state index contributed by atoms with van der Waals surface area (Å²) in [5.74, 6) is 0.946. The van der Waals surface area contributed by atoms with E-state index >= 15 is 0 Å². The fraction of sp³-hybridized carbons (Fsp3) is 0.391. The van der Waals surface area contributed by atoms with Crippen LogP contribution in [-0.2, 0) is 11.2 Å². The van der Waals surface area contributed by atoms with Crippen LogP contribution in [0.15, 0.2) is 30.5 Å². The Bertz CT molecular complexity index is 1100. The Hall–Kier alpha value is -3.08. The molecule has 1 fully saturated rings. The maximum atomic E-state index is 9.28. The van der Waals surface area contributed by atoms with Gasteiger partial charge in [0.1, 0.15) is 5.82 Å². The third-order valence-electron chi connectivity index (χ3n) is 5.83. The van der Waals surface area contributed by atoms with Gasteiger partial charge in [0.15, 0.2) is 0 Å². The summed E-state index contributed by atoms with van der Waals surface area (Å²) in [6.45, 7) is 7.02. The Morgan fingerprint density at radius 1 is 1.20 bits per heavy atom. The first-order chi connectivity index (χ1) is 14.6. The standard InChI is InChI=1S/C23H26N6O/c1-15-17(13-24)4-3-5-18(15)21(25)6-7-22-19-12-23(29-8-10-30-11-9-29)26-14-20(19)16(2)27-28-22/h3-5,12,14,21H,6-11,25H2,1-2H3/t21-/m0/s1. The maximum absolute atomic E-state index is 9.28. The number of hydrogen-bond acceptors (Lipinski definition) is 7. The van der Waals surface area contributed by atoms with Crippen molar-refractivity contribution in [2.24, 2.45) is 5.73 Å². The number of fused-ring (bicyclic) bond motifs is 1. The largest absolute Gasteiger partial charge is 0.378 e. The summed E-state index contributed by atoms with van der Waals surface area (Å²) >= 11 is 0. The Balaban J connectivity index is 1.60. The molecule has 0 spiro atoms. The number of ether oxygens (including phenoxy) is 1. The fourth-order valence-corrected chi connectivity index (χ4v) is 3.99. The summed E-state index contributed by atoms with van der Waals surface area (Å²) in [7, 11) is 0. The molecule has 0 aliphatic carbocycles. The van der Waals surface area contributed by atoms with Gasteiger partial charge in [0, 0.05) is 36.1 Å². The SMILES string of the molecule is Cc1c(C#N)cccc1[C@@H](N)CCc1nnc(C)c2cnc(N3CCOCC3)cc12. The first kappa shape index (κ1) is 20.2. The minimum atomic E-state index is -0.169. The second-order valence-corrected chi connectivity index (χ2v) is 7.70. The highest BCUT2D eigenvalue weighted by molar-refractivity contribution is 5.87. The molecule has 7 nitrogen and oxygen atoms in total. The first-order valence-corrected chi connectivity index (χ1v) is 10.3. The monoisotopic (exact) mass is 402 g/mol. The predicted molar refractivity (Wildman–Crippen MR) is 116 cm³/mol. The van der Waals surface area contributed by atoms with E-state index in [1.165, 1.54) is 0 Å². The van der Waals surface area contributed by atoms with Crippen LogP contribution in [0.3, 0.4) is 0 Å². The number of morpholine rings is 1. The second kappa shape index (κ2) is 8.74. The zero-order chi connectivity index (χ0) is 21.1. The second-order valence-electron chi connectivity index (χ2n) is 7.70. The summed E-state index contributed by atoms with van der Waals surface area (Å²) in [4.78, 5) is 6.89. The van der Waals surface area contributed by atoms with Crippen molar-refractivity contribution in [2.45, 2.75) is 32.7 Å². The van der Waals surface area contributed by atoms with Crippen molar-refractivity contribution in [2.75, 3.05) is 31.2 Å². The summed E-state index contributed by atoms with van der Waals surface area (Å²) in [6.07, 6.45) is 3.32. The Labute approximate surface area is 176 Å². The average Bonchev–Trinajstić information content (AvgIpc) is 2.79. The van der Waals surface area contributed by atoms with Gasteiger partial charge < -0.3 is 15.4 Å². The molecular weight excluding hydrogens is 376 g/mol. The molecular formula is C23H26N6O. The number of benzene rings is 1. The van der Waals surface area contributed by atoms with Crippen molar-refractivity contribution in [1.82, 2.24) is 15.2 Å². The molecule has 3 heterocycles. The van der Waals surface area contributed by atoms with Gasteiger partial charge in [-0.15, -0.1) is 0 Å². The Kier molecular flexibility index (Phi) is 5.88. The minimum absolute atomic E-state index is 0.169. The normalized spacial score (nSPS) is 15.2. The summed E-state index contributed by atoms with van der Waals surface area (Å²) in [5.41, 5.74) is 10.9. The molecule has 0 unspecified atom stereocenters. The molecule has 0 amide bonds. The molecule has 1 aliphatic rings. The van der Waals surface area contributed by atoms with Crippen LogP contribution in [0.5, 0.6) is 0 Å². The van der Waals surface area contributed by atoms with Gasteiger partial charge in [-0.1, -0.05) is 12.1 Å². The number of rotatable bonds is 5. The van der Waals surface area contributed by atoms with Crippen LogP contribution in [0.25, 0.3) is 10.8 Å². The highest BCUT2D eigenvalue weighted by Gasteiger charge is 2.17. The van der Waals surface area contributed by atoms with E-state index in [2.05, 4.69) is 32.2 Å². The Morgan fingerprint density at radius 2 is 2.00 bits per heavy atom. The smallest absolute Gasteiger partial charge is 0.129 e. The van der Waals surface area contributed by atoms with E-state index in [0.29, 0.717) is 12.0 Å². The van der Waals surface area contributed by atoms with Crippen molar-refractivity contribution >= 4 is 16.6 Å². The number of aryl methyl sites for hydroxylation is 2. The molecule has 1 aliphatic heterocycles. The van der Waals surface area contributed by atoms with E-state index in [0.717, 1.165) is 71.8 Å². The predicted octanol–water partition coefficient (Wildman–Crippen LogP) is 2.98. The average molecular weight is 403 g/mol. The van der Waals surface area contributed by atoms with Gasteiger partial charge in [-0.3, -0.25) is 0 Å². The van der Waals surface area contributed by atoms with Crippen LogP contribution in [0.4, 0.5) is 5.82 Å². The molecule has 2 N–H and O–H groups in total. The molecule has 0 radical (unpaired) electrons. The number of pyridine rings is 1. The molecule has 2 aromatic heterocycles. The molecule has 4 rings (SSSR count). The molecule has 3 aromatic rings. The van der Waals surface area contributed by atoms with E-state index in [9.17, 15) is 5.26 Å². The third kappa shape index (κ3) is 3.97. The third-order valence-corrected chi connectivity index (χ3v) is 5.83. The number of anilines is 1. The molecule has 30 heavy (non-hydrogen) atoms. The number of aromatic nitrogens is 3. The van der Waals surface area contributed by atoms with Gasteiger partial charge in [0.05, 0.1) is 36.2 Å². The molecule has 1 atom stereocenters. The number of nitriles is 1. The highest BCUT2D eigenvalue weighted by Crippen LogP contribution is 2.27. The number of nitrogens with two attached hydrogens (primary N) is 1. The van der Waals surface area contributed by atoms with Gasteiger partial charge in [0.2, 0.25) is 0 Å². The number of hydrogen-bond donors (Lipinski definition) is 1. The quantitative estimate of drug-likeness (QED) is 0.700. The summed E-state index contributed by atoms with van der Waals surface area (Å²) < 4.78 is 5.46. The van der Waals surface area contributed by atoms with Gasteiger partial charge in [-0.25, -0.2) is 4.98 Å². The Morgan fingerprint density at radius 3 is 2.77 bits per heavy atom. The summed E-state index contributed by atoms with van der Waals surface area (Å²) in [6, 6.07) is 9.90. The molecule has 1 aromatic carbocycles. The van der Waals surface area contributed by atoms with Crippen LogP contribution >= 0.6 is 0 Å². The van der Waals surface area contributed by atoms with Crippen molar-refractivity contribution in [1.29, 1.82) is 5.26 Å². The zero-order valence-corrected chi connectivity index (χ0v) is 17.4. The molecule has 0 bridgehead atoms. The zero-order valence-electron chi connectivity index (χ0n) is 17.4. The first-order valence-electron chi connectivity index (χ1n) is 10.3. The molecule has 7 heteroatoms. The van der Waals surface area contributed by atoms with Crippen LogP contribution in [0.2, 0.25) is 0 Å². The van der Waals surface area contributed by atoms with Crippen molar-refractivity contribution in [3.8, 4) is 6.07 Å². The van der Waals surface area contributed by atoms with Gasteiger partial charge in [-0.2, -0.15) is 15.5 Å². The van der Waals surface area contributed by atoms with E-state index in [4.69, 9.17) is 10.5 Å². The van der Waals surface area contributed by atoms with E-state index in [1.807, 2.05) is 38.2 Å². The van der Waals surface area contributed by atoms with Crippen LogP contribution in [0.1, 0.15) is 40.5 Å². The van der Waals surface area contributed by atoms with E-state index in [-0.39, 0.29) is 6.04 Å². The molecule has 1 saturated heterocycles. The lowest BCUT2D eigenvalue weighted by molar-refractivity contribution is 0.122. The highest BCUT2D eigenvalue weighted by atomic mass is 16.5. The van der Waals surface area contributed by atoms with Crippen molar-refractivity contribution in [3.05, 3.63) is 58.5 Å². The van der Waals surface area contributed by atoms with Gasteiger partial charge >= 0.3 is 0 Å². The molecule has 154 valence electrons. The van der Waals surface area contributed by atoms with Gasteiger partial charge in [-0.05, 0) is 49.9 Å². The maximum Gasteiger partial charge on any atom is 0.129 e. The fourth-order valence-electron chi connectivity index (χ4n) is 3.99.